The molecule has 1 fully saturated rings. The van der Waals surface area contributed by atoms with E-state index in [1.165, 1.54) is 39.9 Å². The molecule has 1 saturated heterocycles. The first-order valence-corrected chi connectivity index (χ1v) is 10.7. The molecule has 2 aromatic heterocycles. The number of Topliss-reactive ketones (excluding diaryl/α,β-unsaturated/α-hetero) is 1. The maximum atomic E-state index is 12.9. The molecule has 0 spiro atoms. The summed E-state index contributed by atoms with van der Waals surface area (Å²) in [6, 6.07) is 8.43. The largest absolute Gasteiger partial charge is 0.318 e. The number of rotatable bonds is 3. The summed E-state index contributed by atoms with van der Waals surface area (Å²) in [5, 5.41) is 11.2. The Morgan fingerprint density at radius 1 is 1.21 bits per heavy atom. The van der Waals surface area contributed by atoms with Crippen molar-refractivity contribution in [3.63, 3.8) is 0 Å². The van der Waals surface area contributed by atoms with E-state index in [1.807, 2.05) is 11.5 Å². The highest BCUT2D eigenvalue weighted by Gasteiger charge is 2.38. The molecule has 3 heterocycles. The first-order chi connectivity index (χ1) is 13.4. The van der Waals surface area contributed by atoms with Gasteiger partial charge in [0.05, 0.1) is 9.95 Å². The number of allylic oxidation sites excluding steroid dienone is 1. The van der Waals surface area contributed by atoms with Gasteiger partial charge in [-0.15, -0.1) is 11.3 Å². The van der Waals surface area contributed by atoms with E-state index in [0.29, 0.717) is 15.0 Å². The summed E-state index contributed by atoms with van der Waals surface area (Å²) >= 11 is 2.68. The van der Waals surface area contributed by atoms with Gasteiger partial charge < -0.3 is 4.57 Å². The molecule has 0 radical (unpaired) electrons. The highest BCUT2D eigenvalue weighted by molar-refractivity contribution is 8.19. The number of carbonyl (C=O) groups excluding carboxylic acids is 1. The Kier molecular flexibility index (Phi) is 4.85. The molecule has 0 amide bonds. The second-order valence-corrected chi connectivity index (χ2v) is 9.03. The fraction of sp³-hybridized carbons (Fsp3) is 0.227. The highest BCUT2D eigenvalue weighted by Crippen LogP contribution is 2.41. The summed E-state index contributed by atoms with van der Waals surface area (Å²) in [6.45, 7) is 8.42. The Hall–Kier alpha value is -2.44. The monoisotopic (exact) mass is 407 g/mol. The third-order valence-corrected chi connectivity index (χ3v) is 7.09. The Labute approximate surface area is 172 Å². The second-order valence-electron chi connectivity index (χ2n) is 7.02. The number of thioether (sulfide) groups is 1. The average Bonchev–Trinajstić information content (AvgIpc) is 3.32. The topological polar surface area (TPSA) is 58.7 Å². The number of hydrogen-bond acceptors (Lipinski definition) is 5. The predicted octanol–water partition coefficient (Wildman–Crippen LogP) is 5.59. The maximum absolute atomic E-state index is 12.9. The Balaban J connectivity index is 1.75. The maximum Gasteiger partial charge on any atom is 0.186 e. The number of benzene rings is 1. The summed E-state index contributed by atoms with van der Waals surface area (Å²) in [4.78, 5) is 17.8. The molecule has 0 bridgehead atoms. The van der Waals surface area contributed by atoms with E-state index < -0.39 is 5.92 Å². The van der Waals surface area contributed by atoms with Crippen LogP contribution in [-0.2, 0) is 4.79 Å². The zero-order chi connectivity index (χ0) is 20.0. The highest BCUT2D eigenvalue weighted by atomic mass is 32.2. The fourth-order valence-electron chi connectivity index (χ4n) is 3.61. The van der Waals surface area contributed by atoms with E-state index in [4.69, 9.17) is 5.41 Å². The van der Waals surface area contributed by atoms with Crippen molar-refractivity contribution in [2.24, 2.45) is 0 Å². The molecule has 1 aliphatic heterocycles. The van der Waals surface area contributed by atoms with Crippen molar-refractivity contribution in [3.05, 3.63) is 73.8 Å². The number of aryl methyl sites for hydroxylation is 2. The third-order valence-electron chi connectivity index (χ3n) is 5.26. The Morgan fingerprint density at radius 3 is 2.71 bits per heavy atom. The van der Waals surface area contributed by atoms with Gasteiger partial charge in [-0.25, -0.2) is 4.98 Å². The fourth-order valence-corrected chi connectivity index (χ4v) is 5.41. The molecule has 0 unspecified atom stereocenters. The van der Waals surface area contributed by atoms with Crippen LogP contribution in [0, 0.1) is 33.1 Å². The first-order valence-electron chi connectivity index (χ1n) is 9.05. The van der Waals surface area contributed by atoms with Gasteiger partial charge in [-0.05, 0) is 62.6 Å². The van der Waals surface area contributed by atoms with Gasteiger partial charge in [0.1, 0.15) is 10.9 Å². The van der Waals surface area contributed by atoms with Crippen LogP contribution in [0.3, 0.4) is 0 Å². The predicted molar refractivity (Wildman–Crippen MR) is 118 cm³/mol. The molecule has 4 nitrogen and oxygen atoms in total. The van der Waals surface area contributed by atoms with E-state index in [9.17, 15) is 4.79 Å². The van der Waals surface area contributed by atoms with Gasteiger partial charge in [-0.2, -0.15) is 0 Å². The number of nitrogens with zero attached hydrogens (tertiary/aromatic N) is 2. The van der Waals surface area contributed by atoms with Crippen molar-refractivity contribution in [1.29, 1.82) is 5.41 Å². The summed E-state index contributed by atoms with van der Waals surface area (Å²) < 4.78 is 2.24. The van der Waals surface area contributed by atoms with Crippen molar-refractivity contribution in [2.75, 3.05) is 0 Å². The lowest BCUT2D eigenvalue weighted by atomic mass is 10.1. The average molecular weight is 408 g/mol. The van der Waals surface area contributed by atoms with Crippen LogP contribution in [0.1, 0.15) is 39.0 Å². The van der Waals surface area contributed by atoms with Gasteiger partial charge in [0.2, 0.25) is 0 Å². The SMILES string of the molecule is Cc1cccc(-n2c(C)cc(/C=C3\SC(=N)[C@@H](c4nccs4)C3=O)c2C)c1C. The summed E-state index contributed by atoms with van der Waals surface area (Å²) in [5.74, 6) is -0.569. The number of nitrogens with one attached hydrogen (secondary N) is 1. The first kappa shape index (κ1) is 18.9. The molecular formula is C22H21N3OS2. The molecule has 0 aliphatic carbocycles. The van der Waals surface area contributed by atoms with Gasteiger partial charge >= 0.3 is 0 Å². The number of carbonyl (C=O) groups is 1. The van der Waals surface area contributed by atoms with Crippen LogP contribution in [-0.4, -0.2) is 20.4 Å². The molecule has 1 aromatic carbocycles. The lowest BCUT2D eigenvalue weighted by Gasteiger charge is -2.14. The van der Waals surface area contributed by atoms with Crippen LogP contribution in [0.15, 0.2) is 40.7 Å². The van der Waals surface area contributed by atoms with Gasteiger partial charge in [-0.3, -0.25) is 10.2 Å². The zero-order valence-electron chi connectivity index (χ0n) is 16.2. The normalized spacial score (nSPS) is 18.4. The van der Waals surface area contributed by atoms with Crippen LogP contribution in [0.4, 0.5) is 0 Å². The van der Waals surface area contributed by atoms with Crippen molar-refractivity contribution >= 4 is 40.0 Å². The van der Waals surface area contributed by atoms with Crippen LogP contribution in [0.5, 0.6) is 0 Å². The molecule has 0 saturated carbocycles. The standard InChI is InChI=1S/C22H21N3OS2/c1-12-6-5-7-17(14(12)3)25-13(2)10-16(15(25)4)11-18-20(26)19(21(23)28-18)22-24-8-9-27-22/h5-11,19,23H,1-4H3/b18-11-,23-21?/t19-/m0/s1. The second kappa shape index (κ2) is 7.18. The summed E-state index contributed by atoms with van der Waals surface area (Å²) in [6.07, 6.45) is 3.61. The molecule has 3 aromatic rings. The van der Waals surface area contributed by atoms with Gasteiger partial charge in [0.25, 0.3) is 0 Å². The minimum absolute atomic E-state index is 0.0264. The smallest absolute Gasteiger partial charge is 0.186 e. The van der Waals surface area contributed by atoms with Gasteiger partial charge in [0.15, 0.2) is 5.78 Å². The van der Waals surface area contributed by atoms with Crippen LogP contribution >= 0.6 is 23.1 Å². The van der Waals surface area contributed by atoms with Gasteiger partial charge in [-0.1, -0.05) is 23.9 Å². The number of thiazole rings is 1. The van der Waals surface area contributed by atoms with E-state index in [2.05, 4.69) is 61.5 Å². The van der Waals surface area contributed by atoms with Crippen LogP contribution < -0.4 is 0 Å². The van der Waals surface area contributed by atoms with Gasteiger partial charge in [0, 0.05) is 28.7 Å². The number of ketones is 1. The zero-order valence-corrected chi connectivity index (χ0v) is 17.9. The van der Waals surface area contributed by atoms with Crippen LogP contribution in [0.25, 0.3) is 11.8 Å². The van der Waals surface area contributed by atoms with E-state index in [0.717, 1.165) is 17.0 Å². The molecular weight excluding hydrogens is 386 g/mol. The van der Waals surface area contributed by atoms with Crippen molar-refractivity contribution in [2.45, 2.75) is 33.6 Å². The number of hydrogen-bond donors (Lipinski definition) is 1. The van der Waals surface area contributed by atoms with Crippen molar-refractivity contribution in [3.8, 4) is 5.69 Å². The lowest BCUT2D eigenvalue weighted by Crippen LogP contribution is -2.11. The van der Waals surface area contributed by atoms with E-state index in [-0.39, 0.29) is 5.78 Å². The Morgan fingerprint density at radius 2 is 2.00 bits per heavy atom. The minimum atomic E-state index is -0.543. The lowest BCUT2D eigenvalue weighted by molar-refractivity contribution is -0.114. The molecule has 142 valence electrons. The number of aromatic nitrogens is 2. The molecule has 1 N–H and O–H groups in total. The molecule has 6 heteroatoms. The van der Waals surface area contributed by atoms with E-state index in [1.54, 1.807) is 6.20 Å². The molecule has 1 aliphatic rings. The summed E-state index contributed by atoms with van der Waals surface area (Å²) in [7, 11) is 0. The minimum Gasteiger partial charge on any atom is -0.318 e. The quantitative estimate of drug-likeness (QED) is 0.576. The van der Waals surface area contributed by atoms with E-state index >= 15 is 0 Å². The van der Waals surface area contributed by atoms with Crippen LogP contribution in [0.2, 0.25) is 0 Å². The van der Waals surface area contributed by atoms with Crippen molar-refractivity contribution < 1.29 is 4.79 Å². The van der Waals surface area contributed by atoms with Crippen molar-refractivity contribution in [1.82, 2.24) is 9.55 Å². The third kappa shape index (κ3) is 3.06. The molecule has 1 atom stereocenters. The molecule has 4 rings (SSSR count). The Bertz CT molecular complexity index is 1120. The summed E-state index contributed by atoms with van der Waals surface area (Å²) in [5.41, 5.74) is 6.91. The molecule has 28 heavy (non-hydrogen) atoms.